The molecule has 1 heterocycles. The number of amides is 1. The van der Waals surface area contributed by atoms with Gasteiger partial charge in [0.15, 0.2) is 0 Å². The van der Waals surface area contributed by atoms with Crippen LogP contribution in [0.4, 0.5) is 5.82 Å². The number of hydrogen-bond acceptors (Lipinski definition) is 4. The third-order valence-electron chi connectivity index (χ3n) is 4.17. The maximum absolute atomic E-state index is 12.7. The molecule has 0 spiro atoms. The zero-order valence-electron chi connectivity index (χ0n) is 15.1. The summed E-state index contributed by atoms with van der Waals surface area (Å²) in [5, 5.41) is 3.87. The molecule has 0 fully saturated rings. The molecule has 27 heavy (non-hydrogen) atoms. The number of aromatic nitrogens is 2. The van der Waals surface area contributed by atoms with Crippen molar-refractivity contribution in [2.75, 3.05) is 11.9 Å². The molecule has 3 aromatic rings. The lowest BCUT2D eigenvalue weighted by molar-refractivity contribution is 0.0746. The van der Waals surface area contributed by atoms with Crippen molar-refractivity contribution in [1.29, 1.82) is 0 Å². The highest BCUT2D eigenvalue weighted by molar-refractivity contribution is 6.31. The summed E-state index contributed by atoms with van der Waals surface area (Å²) in [7, 11) is 0. The molecule has 0 atom stereocenters. The van der Waals surface area contributed by atoms with Gasteiger partial charge in [0.2, 0.25) is 0 Å². The van der Waals surface area contributed by atoms with Crippen LogP contribution in [0.1, 0.15) is 28.5 Å². The highest BCUT2D eigenvalue weighted by Gasteiger charge is 2.16. The number of rotatable bonds is 7. The van der Waals surface area contributed by atoms with E-state index in [-0.39, 0.29) is 5.91 Å². The Labute approximate surface area is 164 Å². The summed E-state index contributed by atoms with van der Waals surface area (Å²) < 4.78 is 0. The van der Waals surface area contributed by atoms with Crippen molar-refractivity contribution in [1.82, 2.24) is 14.9 Å². The van der Waals surface area contributed by atoms with E-state index < -0.39 is 0 Å². The summed E-state index contributed by atoms with van der Waals surface area (Å²) >= 11 is 6.15. The van der Waals surface area contributed by atoms with Gasteiger partial charge in [-0.25, -0.2) is 9.97 Å². The minimum atomic E-state index is -0.133. The fourth-order valence-electron chi connectivity index (χ4n) is 2.65. The number of halogens is 1. The molecule has 1 amide bonds. The van der Waals surface area contributed by atoms with Gasteiger partial charge in [-0.3, -0.25) is 4.79 Å². The molecule has 1 aromatic heterocycles. The molecule has 3 rings (SSSR count). The van der Waals surface area contributed by atoms with Crippen molar-refractivity contribution in [2.24, 2.45) is 0 Å². The first-order chi connectivity index (χ1) is 13.2. The van der Waals surface area contributed by atoms with Crippen LogP contribution < -0.4 is 5.32 Å². The summed E-state index contributed by atoms with van der Waals surface area (Å²) in [4.78, 5) is 23.0. The van der Waals surface area contributed by atoms with Crippen molar-refractivity contribution in [2.45, 2.75) is 20.0 Å². The van der Waals surface area contributed by atoms with Crippen LogP contribution in [0.25, 0.3) is 0 Å². The molecule has 0 saturated heterocycles. The molecular formula is C21H21ClN4O. The second-order valence-corrected chi connectivity index (χ2v) is 6.44. The summed E-state index contributed by atoms with van der Waals surface area (Å²) in [5.74, 6) is 0.462. The van der Waals surface area contributed by atoms with Gasteiger partial charge in [0.25, 0.3) is 5.91 Å². The lowest BCUT2D eigenvalue weighted by atomic mass is 10.2. The van der Waals surface area contributed by atoms with Gasteiger partial charge < -0.3 is 10.2 Å². The SMILES string of the molecule is CCN(Cc1ccccc1)C(=O)c1cnc(NCc2ccccc2Cl)cn1. The summed E-state index contributed by atoms with van der Waals surface area (Å²) in [6, 6.07) is 17.5. The van der Waals surface area contributed by atoms with E-state index in [1.54, 1.807) is 11.1 Å². The molecule has 138 valence electrons. The second-order valence-electron chi connectivity index (χ2n) is 6.04. The molecule has 0 aliphatic carbocycles. The van der Waals surface area contributed by atoms with Crippen LogP contribution in [0, 0.1) is 0 Å². The Morgan fingerprint density at radius 1 is 1.04 bits per heavy atom. The van der Waals surface area contributed by atoms with Crippen LogP contribution in [0.5, 0.6) is 0 Å². The minimum absolute atomic E-state index is 0.133. The van der Waals surface area contributed by atoms with Gasteiger partial charge in [0.1, 0.15) is 11.5 Å². The first kappa shape index (κ1) is 18.9. The fourth-order valence-corrected chi connectivity index (χ4v) is 2.85. The van der Waals surface area contributed by atoms with Crippen LogP contribution in [0.15, 0.2) is 67.0 Å². The molecule has 6 heteroatoms. The standard InChI is InChI=1S/C21H21ClN4O/c1-2-26(15-16-8-4-3-5-9-16)21(27)19-13-25-20(14-23-19)24-12-17-10-6-7-11-18(17)22/h3-11,13-14H,2,12,15H2,1H3,(H,24,25). The molecule has 0 unspecified atom stereocenters. The third kappa shape index (κ3) is 5.05. The maximum Gasteiger partial charge on any atom is 0.274 e. The monoisotopic (exact) mass is 380 g/mol. The number of nitrogens with one attached hydrogen (secondary N) is 1. The number of benzene rings is 2. The van der Waals surface area contributed by atoms with Gasteiger partial charge in [-0.1, -0.05) is 60.1 Å². The average molecular weight is 381 g/mol. The molecule has 0 aliphatic heterocycles. The van der Waals surface area contributed by atoms with Gasteiger partial charge in [0.05, 0.1) is 12.4 Å². The van der Waals surface area contributed by atoms with Crippen LogP contribution in [0.2, 0.25) is 5.02 Å². The predicted octanol–water partition coefficient (Wildman–Crippen LogP) is 4.40. The van der Waals surface area contributed by atoms with Gasteiger partial charge >= 0.3 is 0 Å². The normalized spacial score (nSPS) is 10.4. The third-order valence-corrected chi connectivity index (χ3v) is 4.54. The molecule has 0 saturated carbocycles. The predicted molar refractivity (Wildman–Crippen MR) is 108 cm³/mol. The number of anilines is 1. The quantitative estimate of drug-likeness (QED) is 0.659. The van der Waals surface area contributed by atoms with E-state index >= 15 is 0 Å². The minimum Gasteiger partial charge on any atom is -0.365 e. The van der Waals surface area contributed by atoms with Crippen LogP contribution in [0.3, 0.4) is 0 Å². The van der Waals surface area contributed by atoms with Crippen molar-refractivity contribution >= 4 is 23.3 Å². The maximum atomic E-state index is 12.7. The second kappa shape index (κ2) is 9.14. The molecule has 0 radical (unpaired) electrons. The van der Waals surface area contributed by atoms with E-state index in [4.69, 9.17) is 11.6 Å². The van der Waals surface area contributed by atoms with Gasteiger partial charge in [0, 0.05) is 24.7 Å². The molecule has 0 bridgehead atoms. The lowest BCUT2D eigenvalue weighted by Crippen LogP contribution is -2.31. The van der Waals surface area contributed by atoms with Crippen LogP contribution in [-0.2, 0) is 13.1 Å². The van der Waals surface area contributed by atoms with Crippen molar-refractivity contribution in [3.63, 3.8) is 0 Å². The van der Waals surface area contributed by atoms with E-state index in [9.17, 15) is 4.79 Å². The zero-order chi connectivity index (χ0) is 19.1. The smallest absolute Gasteiger partial charge is 0.274 e. The molecule has 1 N–H and O–H groups in total. The Hall–Kier alpha value is -2.92. The highest BCUT2D eigenvalue weighted by atomic mass is 35.5. The Morgan fingerprint density at radius 3 is 2.44 bits per heavy atom. The Bertz CT molecular complexity index is 884. The summed E-state index contributed by atoms with van der Waals surface area (Å²) in [5.41, 5.74) is 2.39. The largest absolute Gasteiger partial charge is 0.365 e. The van der Waals surface area contributed by atoms with Gasteiger partial charge in [-0.05, 0) is 24.1 Å². The summed E-state index contributed by atoms with van der Waals surface area (Å²) in [6.07, 6.45) is 3.07. The van der Waals surface area contributed by atoms with Crippen molar-refractivity contribution in [3.8, 4) is 0 Å². The van der Waals surface area contributed by atoms with Crippen LogP contribution >= 0.6 is 11.6 Å². The average Bonchev–Trinajstić information content (AvgIpc) is 2.72. The Morgan fingerprint density at radius 2 is 1.78 bits per heavy atom. The van der Waals surface area contributed by atoms with E-state index in [1.807, 2.05) is 61.5 Å². The number of carbonyl (C=O) groups excluding carboxylic acids is 1. The van der Waals surface area contributed by atoms with Gasteiger partial charge in [-0.2, -0.15) is 0 Å². The zero-order valence-corrected chi connectivity index (χ0v) is 15.9. The molecular weight excluding hydrogens is 360 g/mol. The lowest BCUT2D eigenvalue weighted by Gasteiger charge is -2.20. The number of carbonyl (C=O) groups is 1. The molecule has 0 aliphatic rings. The summed E-state index contributed by atoms with van der Waals surface area (Å²) in [6.45, 7) is 3.64. The topological polar surface area (TPSA) is 58.1 Å². The Balaban J connectivity index is 1.63. The number of hydrogen-bond donors (Lipinski definition) is 1. The first-order valence-electron chi connectivity index (χ1n) is 8.80. The van der Waals surface area contributed by atoms with Gasteiger partial charge in [-0.15, -0.1) is 0 Å². The van der Waals surface area contributed by atoms with Crippen LogP contribution in [-0.4, -0.2) is 27.3 Å². The first-order valence-corrected chi connectivity index (χ1v) is 9.17. The number of nitrogens with zero attached hydrogens (tertiary/aromatic N) is 3. The molecule has 5 nitrogen and oxygen atoms in total. The van der Waals surface area contributed by atoms with E-state index in [0.717, 1.165) is 11.1 Å². The molecule has 2 aromatic carbocycles. The Kier molecular flexibility index (Phi) is 6.39. The van der Waals surface area contributed by atoms with E-state index in [0.29, 0.717) is 36.2 Å². The van der Waals surface area contributed by atoms with Crippen molar-refractivity contribution in [3.05, 3.63) is 88.8 Å². The van der Waals surface area contributed by atoms with Crippen molar-refractivity contribution < 1.29 is 4.79 Å². The van der Waals surface area contributed by atoms with E-state index in [1.165, 1.54) is 6.20 Å². The highest BCUT2D eigenvalue weighted by Crippen LogP contribution is 2.16. The fraction of sp³-hybridized carbons (Fsp3) is 0.190. The van der Waals surface area contributed by atoms with E-state index in [2.05, 4.69) is 15.3 Å².